The number of hydrogen-bond donors (Lipinski definition) is 2. The third-order valence-corrected chi connectivity index (χ3v) is 4.92. The highest BCUT2D eigenvalue weighted by molar-refractivity contribution is 5.91. The molecule has 4 aliphatic rings. The van der Waals surface area contributed by atoms with Gasteiger partial charge >= 0.3 is 0 Å². The van der Waals surface area contributed by atoms with Crippen LogP contribution in [0.25, 0.3) is 0 Å². The van der Waals surface area contributed by atoms with Crippen molar-refractivity contribution in [2.75, 3.05) is 6.61 Å². The Morgan fingerprint density at radius 1 is 1.07 bits per heavy atom. The SMILES string of the molecule is OCC(=NO)C12CC3CC(CC(C3)C1)C2. The van der Waals surface area contributed by atoms with Gasteiger partial charge < -0.3 is 10.3 Å². The van der Waals surface area contributed by atoms with Crippen molar-refractivity contribution in [1.29, 1.82) is 0 Å². The van der Waals surface area contributed by atoms with E-state index in [1.165, 1.54) is 19.3 Å². The molecule has 0 heterocycles. The van der Waals surface area contributed by atoms with E-state index in [4.69, 9.17) is 5.21 Å². The number of oxime groups is 1. The normalized spacial score (nSPS) is 48.6. The van der Waals surface area contributed by atoms with Gasteiger partial charge in [0.05, 0.1) is 12.3 Å². The minimum absolute atomic E-state index is 0.0668. The van der Waals surface area contributed by atoms with E-state index in [1.807, 2.05) is 0 Å². The highest BCUT2D eigenvalue weighted by Gasteiger charge is 2.53. The first-order chi connectivity index (χ1) is 7.25. The molecule has 0 aliphatic heterocycles. The van der Waals surface area contributed by atoms with Crippen LogP contribution in [-0.2, 0) is 0 Å². The fourth-order valence-corrected chi connectivity index (χ4v) is 4.77. The van der Waals surface area contributed by atoms with Crippen LogP contribution in [0.5, 0.6) is 0 Å². The molecule has 3 heteroatoms. The minimum atomic E-state index is -0.0668. The zero-order chi connectivity index (χ0) is 10.5. The van der Waals surface area contributed by atoms with Crippen molar-refractivity contribution in [2.45, 2.75) is 38.5 Å². The molecule has 15 heavy (non-hydrogen) atoms. The van der Waals surface area contributed by atoms with Gasteiger partial charge in [0.15, 0.2) is 0 Å². The summed E-state index contributed by atoms with van der Waals surface area (Å²) in [7, 11) is 0. The van der Waals surface area contributed by atoms with Crippen molar-refractivity contribution < 1.29 is 10.3 Å². The Morgan fingerprint density at radius 2 is 1.53 bits per heavy atom. The molecule has 0 aromatic rings. The van der Waals surface area contributed by atoms with Gasteiger partial charge in [-0.15, -0.1) is 0 Å². The number of nitrogens with zero attached hydrogens (tertiary/aromatic N) is 1. The number of hydrogen-bond acceptors (Lipinski definition) is 3. The van der Waals surface area contributed by atoms with Crippen LogP contribution in [0.1, 0.15) is 38.5 Å². The first kappa shape index (κ1) is 9.64. The molecule has 0 aromatic heterocycles. The van der Waals surface area contributed by atoms with Crippen molar-refractivity contribution in [1.82, 2.24) is 0 Å². The molecule has 84 valence electrons. The average Bonchev–Trinajstić information content (AvgIpc) is 2.16. The Bertz CT molecular complexity index is 263. The average molecular weight is 209 g/mol. The van der Waals surface area contributed by atoms with E-state index in [0.29, 0.717) is 5.71 Å². The van der Waals surface area contributed by atoms with Crippen LogP contribution in [0.2, 0.25) is 0 Å². The van der Waals surface area contributed by atoms with Crippen LogP contribution < -0.4 is 0 Å². The van der Waals surface area contributed by atoms with Crippen molar-refractivity contribution in [3.8, 4) is 0 Å². The molecule has 4 saturated carbocycles. The van der Waals surface area contributed by atoms with Crippen LogP contribution in [0.15, 0.2) is 5.16 Å². The van der Waals surface area contributed by atoms with Gasteiger partial charge in [0.1, 0.15) is 0 Å². The summed E-state index contributed by atoms with van der Waals surface area (Å²) in [6.07, 6.45) is 7.59. The van der Waals surface area contributed by atoms with E-state index in [-0.39, 0.29) is 12.0 Å². The summed E-state index contributed by atoms with van der Waals surface area (Å²) in [5.41, 5.74) is 0.722. The Labute approximate surface area is 90.2 Å². The van der Waals surface area contributed by atoms with E-state index >= 15 is 0 Å². The van der Waals surface area contributed by atoms with Crippen LogP contribution in [-0.4, -0.2) is 22.6 Å². The Morgan fingerprint density at radius 3 is 1.87 bits per heavy atom. The van der Waals surface area contributed by atoms with Crippen molar-refractivity contribution in [3.63, 3.8) is 0 Å². The van der Waals surface area contributed by atoms with E-state index in [1.54, 1.807) is 0 Å². The maximum absolute atomic E-state index is 9.30. The largest absolute Gasteiger partial charge is 0.411 e. The molecule has 0 spiro atoms. The molecule has 0 saturated heterocycles. The third kappa shape index (κ3) is 1.32. The highest BCUT2D eigenvalue weighted by Crippen LogP contribution is 2.60. The topological polar surface area (TPSA) is 52.8 Å². The van der Waals surface area contributed by atoms with Gasteiger partial charge in [-0.3, -0.25) is 0 Å². The molecular formula is C12H19NO2. The summed E-state index contributed by atoms with van der Waals surface area (Å²) >= 11 is 0. The van der Waals surface area contributed by atoms with Gasteiger partial charge in [0.2, 0.25) is 0 Å². The Kier molecular flexibility index (Phi) is 2.06. The molecule has 0 radical (unpaired) electrons. The summed E-state index contributed by atoms with van der Waals surface area (Å²) < 4.78 is 0. The van der Waals surface area contributed by atoms with Gasteiger partial charge in [-0.2, -0.15) is 0 Å². The summed E-state index contributed by atoms with van der Waals surface area (Å²) in [6, 6.07) is 0. The molecule has 0 unspecified atom stereocenters. The van der Waals surface area contributed by atoms with Crippen molar-refractivity contribution >= 4 is 5.71 Å². The second-order valence-corrected chi connectivity index (χ2v) is 5.90. The third-order valence-electron chi connectivity index (χ3n) is 4.92. The van der Waals surface area contributed by atoms with E-state index in [2.05, 4.69) is 5.16 Å². The maximum Gasteiger partial charge on any atom is 0.0886 e. The van der Waals surface area contributed by atoms with Crippen molar-refractivity contribution in [2.24, 2.45) is 28.3 Å². The molecule has 3 nitrogen and oxygen atoms in total. The van der Waals surface area contributed by atoms with Gasteiger partial charge in [-0.25, -0.2) is 0 Å². The Hall–Kier alpha value is -0.570. The molecule has 2 N–H and O–H groups in total. The van der Waals surface area contributed by atoms with E-state index in [9.17, 15) is 5.11 Å². The molecular weight excluding hydrogens is 190 g/mol. The predicted octanol–water partition coefficient (Wildman–Crippen LogP) is 2.03. The standard InChI is InChI=1S/C12H19NO2/c14-7-11(13-15)12-4-8-1-9(5-12)3-10(2-8)6-12/h8-10,14-15H,1-7H2. The fraction of sp³-hybridized carbons (Fsp3) is 0.917. The fourth-order valence-electron chi connectivity index (χ4n) is 4.77. The van der Waals surface area contributed by atoms with Gasteiger partial charge in [-0.1, -0.05) is 5.16 Å². The molecule has 4 bridgehead atoms. The zero-order valence-electron chi connectivity index (χ0n) is 9.02. The van der Waals surface area contributed by atoms with Crippen LogP contribution in [0.4, 0.5) is 0 Å². The lowest BCUT2D eigenvalue weighted by molar-refractivity contribution is -0.0161. The molecule has 4 fully saturated rings. The van der Waals surface area contributed by atoms with E-state index in [0.717, 1.165) is 37.0 Å². The smallest absolute Gasteiger partial charge is 0.0886 e. The first-order valence-electron chi connectivity index (χ1n) is 6.08. The Balaban J connectivity index is 1.92. The summed E-state index contributed by atoms with van der Waals surface area (Å²) in [5, 5.41) is 21.7. The van der Waals surface area contributed by atoms with Crippen molar-refractivity contribution in [3.05, 3.63) is 0 Å². The lowest BCUT2D eigenvalue weighted by Crippen LogP contribution is -2.50. The maximum atomic E-state index is 9.30. The molecule has 4 aliphatic carbocycles. The monoisotopic (exact) mass is 209 g/mol. The zero-order valence-corrected chi connectivity index (χ0v) is 9.02. The van der Waals surface area contributed by atoms with Crippen LogP contribution >= 0.6 is 0 Å². The van der Waals surface area contributed by atoms with E-state index < -0.39 is 0 Å². The lowest BCUT2D eigenvalue weighted by Gasteiger charge is -2.56. The minimum Gasteiger partial charge on any atom is -0.411 e. The molecule has 0 atom stereocenters. The van der Waals surface area contributed by atoms with Crippen LogP contribution in [0, 0.1) is 23.2 Å². The summed E-state index contributed by atoms with van der Waals surface area (Å²) in [6.45, 7) is -0.0668. The summed E-state index contributed by atoms with van der Waals surface area (Å²) in [5.74, 6) is 2.50. The number of aliphatic hydroxyl groups excluding tert-OH is 1. The van der Waals surface area contributed by atoms with Gasteiger partial charge in [-0.05, 0) is 56.3 Å². The quantitative estimate of drug-likeness (QED) is 0.415. The predicted molar refractivity (Wildman–Crippen MR) is 56.9 cm³/mol. The van der Waals surface area contributed by atoms with Gasteiger partial charge in [0.25, 0.3) is 0 Å². The lowest BCUT2D eigenvalue weighted by atomic mass is 9.48. The molecule has 0 amide bonds. The number of aliphatic hydroxyl groups is 1. The molecule has 4 rings (SSSR count). The van der Waals surface area contributed by atoms with Gasteiger partial charge in [0, 0.05) is 5.41 Å². The second kappa shape index (κ2) is 3.21. The summed E-state index contributed by atoms with van der Waals surface area (Å²) in [4.78, 5) is 0. The highest BCUT2D eigenvalue weighted by atomic mass is 16.4. The molecule has 0 aromatic carbocycles. The first-order valence-corrected chi connectivity index (χ1v) is 6.08. The van der Waals surface area contributed by atoms with Crippen LogP contribution in [0.3, 0.4) is 0 Å². The number of rotatable bonds is 2. The second-order valence-electron chi connectivity index (χ2n) is 5.90.